The number of halogens is 1. The van der Waals surface area contributed by atoms with E-state index in [9.17, 15) is 5.11 Å². The van der Waals surface area contributed by atoms with Gasteiger partial charge in [-0.2, -0.15) is 11.8 Å². The molecule has 0 bridgehead atoms. The van der Waals surface area contributed by atoms with E-state index in [1.165, 1.54) is 0 Å². The van der Waals surface area contributed by atoms with Crippen LogP contribution in [0.2, 0.25) is 0 Å². The van der Waals surface area contributed by atoms with E-state index in [2.05, 4.69) is 29.1 Å². The molecule has 0 aromatic carbocycles. The molecule has 4 nitrogen and oxygen atoms in total. The third-order valence-corrected chi connectivity index (χ3v) is 4.62. The van der Waals surface area contributed by atoms with Gasteiger partial charge < -0.3 is 15.3 Å². The first-order valence-corrected chi connectivity index (χ1v) is 7.60. The van der Waals surface area contributed by atoms with Gasteiger partial charge in [-0.05, 0) is 27.2 Å². The van der Waals surface area contributed by atoms with E-state index in [0.29, 0.717) is 6.54 Å². The molecule has 1 fully saturated rings. The maximum absolute atomic E-state index is 10.0. The van der Waals surface area contributed by atoms with E-state index in [0.717, 1.165) is 31.2 Å². The van der Waals surface area contributed by atoms with Crippen LogP contribution in [-0.2, 0) is 0 Å². The fourth-order valence-corrected chi connectivity index (χ4v) is 3.04. The highest BCUT2D eigenvalue weighted by molar-refractivity contribution is 14.0. The minimum absolute atomic E-state index is 0. The Labute approximate surface area is 138 Å². The summed E-state index contributed by atoms with van der Waals surface area (Å²) in [6.45, 7) is 10.9. The lowest BCUT2D eigenvalue weighted by molar-refractivity contribution is 0.0596. The van der Waals surface area contributed by atoms with Crippen molar-refractivity contribution in [3.63, 3.8) is 0 Å². The van der Waals surface area contributed by atoms with Crippen molar-refractivity contribution in [1.29, 1.82) is 0 Å². The van der Waals surface area contributed by atoms with Crippen LogP contribution >= 0.6 is 35.7 Å². The van der Waals surface area contributed by atoms with Crippen LogP contribution in [0.1, 0.15) is 34.1 Å². The number of aliphatic hydroxyl groups is 1. The lowest BCUT2D eigenvalue weighted by Crippen LogP contribution is -2.53. The second kappa shape index (κ2) is 7.93. The Hall–Kier alpha value is 0.310. The molecule has 6 heteroatoms. The van der Waals surface area contributed by atoms with E-state index in [-0.39, 0.29) is 28.7 Å². The highest BCUT2D eigenvalue weighted by atomic mass is 127. The van der Waals surface area contributed by atoms with Crippen molar-refractivity contribution in [3.8, 4) is 0 Å². The number of rotatable bonds is 3. The summed E-state index contributed by atoms with van der Waals surface area (Å²) < 4.78 is 0.267. The lowest BCUT2D eigenvalue weighted by atomic mass is 10.0. The first-order chi connectivity index (χ1) is 8.29. The molecule has 1 heterocycles. The Bertz CT molecular complexity index is 308. The smallest absolute Gasteiger partial charge is 0.193 e. The summed E-state index contributed by atoms with van der Waals surface area (Å²) >= 11 is 2.01. The van der Waals surface area contributed by atoms with Gasteiger partial charge in [0.05, 0.1) is 5.60 Å². The van der Waals surface area contributed by atoms with Crippen LogP contribution < -0.4 is 5.32 Å². The van der Waals surface area contributed by atoms with E-state index >= 15 is 0 Å². The number of aliphatic imine (C=N–C) groups is 1. The van der Waals surface area contributed by atoms with Crippen LogP contribution in [-0.4, -0.2) is 58.7 Å². The zero-order valence-electron chi connectivity index (χ0n) is 12.7. The van der Waals surface area contributed by atoms with Gasteiger partial charge in [-0.1, -0.05) is 6.92 Å². The number of nitrogens with zero attached hydrogens (tertiary/aromatic N) is 2. The summed E-state index contributed by atoms with van der Waals surface area (Å²) in [5, 5.41) is 13.3. The lowest BCUT2D eigenvalue weighted by Gasteiger charge is -2.39. The third kappa shape index (κ3) is 6.53. The Morgan fingerprint density at radius 3 is 2.63 bits per heavy atom. The van der Waals surface area contributed by atoms with Crippen LogP contribution in [0.25, 0.3) is 0 Å². The molecule has 1 saturated heterocycles. The van der Waals surface area contributed by atoms with Gasteiger partial charge in [-0.25, -0.2) is 0 Å². The van der Waals surface area contributed by atoms with Gasteiger partial charge >= 0.3 is 0 Å². The third-order valence-electron chi connectivity index (χ3n) is 3.33. The van der Waals surface area contributed by atoms with Gasteiger partial charge in [-0.15, -0.1) is 24.0 Å². The summed E-state index contributed by atoms with van der Waals surface area (Å²) in [6, 6.07) is 0. The molecule has 1 aliphatic rings. The average Bonchev–Trinajstić information content (AvgIpc) is 2.28. The molecule has 1 unspecified atom stereocenters. The Kier molecular flexibility index (Phi) is 8.06. The molecule has 0 aromatic heterocycles. The maximum atomic E-state index is 10.0. The predicted molar refractivity (Wildman–Crippen MR) is 95.8 cm³/mol. The summed E-state index contributed by atoms with van der Waals surface area (Å²) in [4.78, 5) is 6.61. The summed E-state index contributed by atoms with van der Waals surface area (Å²) in [7, 11) is 1.80. The molecular weight excluding hydrogens is 373 g/mol. The maximum Gasteiger partial charge on any atom is 0.193 e. The normalized spacial score (nSPS) is 22.4. The second-order valence-corrected chi connectivity index (χ2v) is 7.58. The molecule has 1 aliphatic heterocycles. The monoisotopic (exact) mass is 401 g/mol. The van der Waals surface area contributed by atoms with Gasteiger partial charge in [0.2, 0.25) is 0 Å². The number of hydrogen-bond donors (Lipinski definition) is 2. The largest absolute Gasteiger partial charge is 0.388 e. The molecule has 114 valence electrons. The molecule has 0 spiro atoms. The van der Waals surface area contributed by atoms with Crippen molar-refractivity contribution in [2.45, 2.75) is 44.5 Å². The summed E-state index contributed by atoms with van der Waals surface area (Å²) in [5.74, 6) is 2.02. The molecule has 0 aliphatic carbocycles. The van der Waals surface area contributed by atoms with Gasteiger partial charge in [0.25, 0.3) is 0 Å². The van der Waals surface area contributed by atoms with Crippen molar-refractivity contribution in [2.75, 3.05) is 32.4 Å². The quantitative estimate of drug-likeness (QED) is 0.432. The van der Waals surface area contributed by atoms with Crippen molar-refractivity contribution < 1.29 is 5.11 Å². The van der Waals surface area contributed by atoms with Crippen molar-refractivity contribution in [2.24, 2.45) is 4.99 Å². The zero-order valence-corrected chi connectivity index (χ0v) is 15.8. The highest BCUT2D eigenvalue weighted by Crippen LogP contribution is 2.29. The standard InChI is InChI=1S/C13H27N3OS.HI/c1-6-13(4,17)9-15-11(14-5)16-7-8-18-12(2,3)10-16;/h17H,6-10H2,1-5H3,(H,14,15);1H. The van der Waals surface area contributed by atoms with Gasteiger partial charge in [-0.3, -0.25) is 4.99 Å². The fraction of sp³-hybridized carbons (Fsp3) is 0.923. The molecule has 1 atom stereocenters. The van der Waals surface area contributed by atoms with E-state index in [1.807, 2.05) is 25.6 Å². The number of hydrogen-bond acceptors (Lipinski definition) is 3. The van der Waals surface area contributed by atoms with Gasteiger partial charge in [0, 0.05) is 37.2 Å². The highest BCUT2D eigenvalue weighted by Gasteiger charge is 2.29. The van der Waals surface area contributed by atoms with Crippen LogP contribution in [0.5, 0.6) is 0 Å². The Balaban J connectivity index is 0.00000324. The topological polar surface area (TPSA) is 47.9 Å². The first-order valence-electron chi connectivity index (χ1n) is 6.61. The molecule has 0 aromatic rings. The molecule has 2 N–H and O–H groups in total. The Morgan fingerprint density at radius 1 is 1.53 bits per heavy atom. The number of guanidine groups is 1. The first kappa shape index (κ1) is 19.3. The molecule has 19 heavy (non-hydrogen) atoms. The molecule has 0 saturated carbocycles. The molecular formula is C13H28IN3OS. The van der Waals surface area contributed by atoms with Gasteiger partial charge in [0.15, 0.2) is 5.96 Å². The van der Waals surface area contributed by atoms with Crippen LogP contribution in [0.3, 0.4) is 0 Å². The van der Waals surface area contributed by atoms with Crippen molar-refractivity contribution >= 4 is 41.7 Å². The molecule has 0 amide bonds. The van der Waals surface area contributed by atoms with Crippen LogP contribution in [0.15, 0.2) is 4.99 Å². The average molecular weight is 401 g/mol. The second-order valence-electron chi connectivity index (χ2n) is 5.78. The van der Waals surface area contributed by atoms with Crippen molar-refractivity contribution in [1.82, 2.24) is 10.2 Å². The fourth-order valence-electron chi connectivity index (χ4n) is 1.92. The molecule has 0 radical (unpaired) electrons. The van der Waals surface area contributed by atoms with Crippen LogP contribution in [0.4, 0.5) is 0 Å². The van der Waals surface area contributed by atoms with Crippen LogP contribution in [0, 0.1) is 0 Å². The summed E-state index contributed by atoms with van der Waals surface area (Å²) in [6.07, 6.45) is 0.734. The minimum Gasteiger partial charge on any atom is -0.388 e. The summed E-state index contributed by atoms with van der Waals surface area (Å²) in [5.41, 5.74) is -0.671. The number of nitrogens with one attached hydrogen (secondary N) is 1. The Morgan fingerprint density at radius 2 is 2.16 bits per heavy atom. The van der Waals surface area contributed by atoms with Crippen molar-refractivity contribution in [3.05, 3.63) is 0 Å². The van der Waals surface area contributed by atoms with E-state index in [1.54, 1.807) is 7.05 Å². The predicted octanol–water partition coefficient (Wildman–Crippen LogP) is 2.17. The molecule has 1 rings (SSSR count). The zero-order chi connectivity index (χ0) is 13.8. The SMILES string of the molecule is CCC(C)(O)CNC(=NC)N1CCSC(C)(C)C1.I. The van der Waals surface area contributed by atoms with E-state index in [4.69, 9.17) is 0 Å². The minimum atomic E-state index is -0.671. The number of thioether (sulfide) groups is 1. The van der Waals surface area contributed by atoms with Gasteiger partial charge in [0.1, 0.15) is 0 Å². The van der Waals surface area contributed by atoms with E-state index < -0.39 is 5.60 Å².